The maximum atomic E-state index is 12.3. The second-order valence-electron chi connectivity index (χ2n) is 7.72. The van der Waals surface area contributed by atoms with Crippen molar-refractivity contribution in [3.8, 4) is 0 Å². The lowest BCUT2D eigenvalue weighted by Crippen LogP contribution is -2.26. The largest absolute Gasteiger partial charge is 0.459 e. The molecule has 0 saturated carbocycles. The number of carbonyl (C=O) groups excluding carboxylic acids is 2. The molecule has 0 spiro atoms. The molecule has 6 nitrogen and oxygen atoms in total. The second kappa shape index (κ2) is 14.9. The number of aliphatic hydroxyl groups is 3. The Labute approximate surface area is 179 Å². The summed E-state index contributed by atoms with van der Waals surface area (Å²) >= 11 is 0. The number of allylic oxidation sites excluding steroid dienone is 5. The van der Waals surface area contributed by atoms with Crippen LogP contribution in [0.2, 0.25) is 0 Å². The van der Waals surface area contributed by atoms with Gasteiger partial charge in [-0.3, -0.25) is 4.79 Å². The van der Waals surface area contributed by atoms with E-state index in [0.717, 1.165) is 0 Å². The number of carbonyl (C=O) groups is 2. The quantitative estimate of drug-likeness (QED) is 0.445. The number of aliphatic hydroxyl groups excluding tert-OH is 3. The van der Waals surface area contributed by atoms with E-state index in [4.69, 9.17) is 4.74 Å². The standard InChI is InChI=1S/C24H36O6/c1-3-21-13-10-15-23(28)18(2)22(27)14-9-12-20(26)17-19(25)11-7-5-4-6-8-16-24(29)30-21/h4-9,12,16,18-21,23,25-26,28H,3,10-11,13-15,17H2,1-2H3/b6-4+,7-5+,12-9+,16-8+/t18-,19+,20-,21-,23-/m0/s1. The number of rotatable bonds is 1. The maximum absolute atomic E-state index is 12.3. The molecule has 0 bridgehead atoms. The zero-order valence-electron chi connectivity index (χ0n) is 18.0. The fourth-order valence-electron chi connectivity index (χ4n) is 3.13. The van der Waals surface area contributed by atoms with Crippen molar-refractivity contribution < 1.29 is 29.6 Å². The van der Waals surface area contributed by atoms with Crippen LogP contribution in [0.15, 0.2) is 48.6 Å². The third-order valence-electron chi connectivity index (χ3n) is 5.15. The van der Waals surface area contributed by atoms with E-state index in [1.807, 2.05) is 6.92 Å². The third kappa shape index (κ3) is 11.2. The first-order chi connectivity index (χ1) is 14.3. The Morgan fingerprint density at radius 1 is 1.03 bits per heavy atom. The average Bonchev–Trinajstić information content (AvgIpc) is 2.70. The van der Waals surface area contributed by atoms with Crippen LogP contribution in [0.1, 0.15) is 58.8 Å². The third-order valence-corrected chi connectivity index (χ3v) is 5.15. The second-order valence-corrected chi connectivity index (χ2v) is 7.72. The van der Waals surface area contributed by atoms with E-state index in [0.29, 0.717) is 32.1 Å². The molecule has 1 heterocycles. The molecule has 0 aromatic carbocycles. The van der Waals surface area contributed by atoms with Gasteiger partial charge in [0.25, 0.3) is 0 Å². The minimum atomic E-state index is -0.838. The van der Waals surface area contributed by atoms with Crippen molar-refractivity contribution in [3.05, 3.63) is 48.6 Å². The van der Waals surface area contributed by atoms with Crippen LogP contribution in [-0.2, 0) is 14.3 Å². The number of cyclic esters (lactones) is 1. The predicted octanol–water partition coefficient (Wildman–Crippen LogP) is 3.18. The van der Waals surface area contributed by atoms with Gasteiger partial charge in [-0.1, -0.05) is 56.4 Å². The number of ether oxygens (including phenoxy) is 1. The lowest BCUT2D eigenvalue weighted by atomic mass is 9.93. The lowest BCUT2D eigenvalue weighted by molar-refractivity contribution is -0.143. The van der Waals surface area contributed by atoms with Gasteiger partial charge in [0.05, 0.1) is 18.3 Å². The highest BCUT2D eigenvalue weighted by Crippen LogP contribution is 2.17. The van der Waals surface area contributed by atoms with Crippen LogP contribution in [0.25, 0.3) is 0 Å². The van der Waals surface area contributed by atoms with Crippen LogP contribution in [0.5, 0.6) is 0 Å². The monoisotopic (exact) mass is 420 g/mol. The van der Waals surface area contributed by atoms with Gasteiger partial charge in [-0.2, -0.15) is 0 Å². The van der Waals surface area contributed by atoms with Crippen molar-refractivity contribution in [2.45, 2.75) is 83.2 Å². The van der Waals surface area contributed by atoms with E-state index < -0.39 is 30.2 Å². The molecule has 0 unspecified atom stereocenters. The normalized spacial score (nSPS) is 35.3. The van der Waals surface area contributed by atoms with Crippen molar-refractivity contribution >= 4 is 11.8 Å². The molecule has 1 aliphatic heterocycles. The molecule has 5 atom stereocenters. The molecule has 0 amide bonds. The molecule has 0 aliphatic carbocycles. The highest BCUT2D eigenvalue weighted by Gasteiger charge is 2.21. The number of ketones is 1. The first kappa shape index (κ1) is 26.0. The van der Waals surface area contributed by atoms with Gasteiger partial charge in [0, 0.05) is 24.8 Å². The molecule has 0 saturated heterocycles. The van der Waals surface area contributed by atoms with Gasteiger partial charge in [-0.05, 0) is 32.1 Å². The Kier molecular flexibility index (Phi) is 12.9. The van der Waals surface area contributed by atoms with Gasteiger partial charge >= 0.3 is 5.97 Å². The maximum Gasteiger partial charge on any atom is 0.331 e. The van der Waals surface area contributed by atoms with Gasteiger partial charge in [0.1, 0.15) is 11.9 Å². The predicted molar refractivity (Wildman–Crippen MR) is 117 cm³/mol. The van der Waals surface area contributed by atoms with Crippen molar-refractivity contribution in [1.29, 1.82) is 0 Å². The summed E-state index contributed by atoms with van der Waals surface area (Å²) in [5, 5.41) is 30.2. The summed E-state index contributed by atoms with van der Waals surface area (Å²) in [5.41, 5.74) is 0. The summed E-state index contributed by atoms with van der Waals surface area (Å²) in [6.45, 7) is 3.63. The fourth-order valence-corrected chi connectivity index (χ4v) is 3.13. The zero-order chi connectivity index (χ0) is 22.4. The van der Waals surface area contributed by atoms with E-state index in [1.165, 1.54) is 12.2 Å². The minimum absolute atomic E-state index is 0.105. The summed E-state index contributed by atoms with van der Waals surface area (Å²) in [6, 6.07) is 0. The molecular formula is C24H36O6. The number of esters is 1. The molecule has 0 fully saturated rings. The number of hydrogen-bond acceptors (Lipinski definition) is 6. The van der Waals surface area contributed by atoms with Crippen LogP contribution in [0.3, 0.4) is 0 Å². The summed E-state index contributed by atoms with van der Waals surface area (Å²) in [6.07, 6.45) is 13.5. The highest BCUT2D eigenvalue weighted by molar-refractivity contribution is 5.82. The van der Waals surface area contributed by atoms with E-state index in [9.17, 15) is 24.9 Å². The molecule has 30 heavy (non-hydrogen) atoms. The highest BCUT2D eigenvalue weighted by atomic mass is 16.5. The van der Waals surface area contributed by atoms with Crippen LogP contribution < -0.4 is 0 Å². The van der Waals surface area contributed by atoms with Gasteiger partial charge in [0.15, 0.2) is 0 Å². The van der Waals surface area contributed by atoms with Crippen molar-refractivity contribution in [3.63, 3.8) is 0 Å². The van der Waals surface area contributed by atoms with Crippen molar-refractivity contribution in [2.75, 3.05) is 0 Å². The van der Waals surface area contributed by atoms with E-state index in [-0.39, 0.29) is 24.7 Å². The Morgan fingerprint density at radius 2 is 1.77 bits per heavy atom. The smallest absolute Gasteiger partial charge is 0.331 e. The molecule has 168 valence electrons. The molecule has 0 aromatic rings. The van der Waals surface area contributed by atoms with Gasteiger partial charge in [-0.15, -0.1) is 0 Å². The zero-order valence-corrected chi connectivity index (χ0v) is 18.0. The summed E-state index contributed by atoms with van der Waals surface area (Å²) in [7, 11) is 0. The summed E-state index contributed by atoms with van der Waals surface area (Å²) < 4.78 is 5.43. The van der Waals surface area contributed by atoms with Crippen LogP contribution >= 0.6 is 0 Å². The number of Topliss-reactive ketones (excluding diaryl/α,β-unsaturated/α-hetero) is 1. The van der Waals surface area contributed by atoms with E-state index in [2.05, 4.69) is 0 Å². The van der Waals surface area contributed by atoms with Crippen LogP contribution in [0, 0.1) is 5.92 Å². The Balaban J connectivity index is 2.79. The molecule has 0 radical (unpaired) electrons. The topological polar surface area (TPSA) is 104 Å². The summed E-state index contributed by atoms with van der Waals surface area (Å²) in [4.78, 5) is 24.2. The molecule has 1 aliphatic rings. The van der Waals surface area contributed by atoms with E-state index >= 15 is 0 Å². The van der Waals surface area contributed by atoms with Gasteiger partial charge < -0.3 is 20.1 Å². The van der Waals surface area contributed by atoms with E-state index in [1.54, 1.807) is 43.4 Å². The first-order valence-corrected chi connectivity index (χ1v) is 10.8. The fraction of sp³-hybridized carbons (Fsp3) is 0.583. The Bertz CT molecular complexity index is 634. The van der Waals surface area contributed by atoms with Gasteiger partial charge in [0.2, 0.25) is 0 Å². The Hall–Kier alpha value is -2.02. The first-order valence-electron chi connectivity index (χ1n) is 10.8. The lowest BCUT2D eigenvalue weighted by Gasteiger charge is -2.19. The SMILES string of the molecule is CC[C@H]1CCC[C@H](O)[C@@H](C)C(=O)C/C=C/[C@H](O)C[C@H](O)C/C=C/C=C/C=C/C(=O)O1. The van der Waals surface area contributed by atoms with Crippen LogP contribution in [0.4, 0.5) is 0 Å². The minimum Gasteiger partial charge on any atom is -0.459 e. The van der Waals surface area contributed by atoms with Gasteiger partial charge in [-0.25, -0.2) is 4.79 Å². The van der Waals surface area contributed by atoms with Crippen LogP contribution in [-0.4, -0.2) is 51.5 Å². The number of hydrogen-bond donors (Lipinski definition) is 3. The molecule has 0 aromatic heterocycles. The molecular weight excluding hydrogens is 384 g/mol. The molecule has 6 heteroatoms. The Morgan fingerprint density at radius 3 is 2.50 bits per heavy atom. The van der Waals surface area contributed by atoms with Crippen molar-refractivity contribution in [1.82, 2.24) is 0 Å². The van der Waals surface area contributed by atoms with Crippen molar-refractivity contribution in [2.24, 2.45) is 5.92 Å². The average molecular weight is 421 g/mol. The molecule has 3 N–H and O–H groups in total. The molecule has 1 rings (SSSR count). The summed E-state index contributed by atoms with van der Waals surface area (Å²) in [5.74, 6) is -1.04.